The summed E-state index contributed by atoms with van der Waals surface area (Å²) >= 11 is 1.26. The van der Waals surface area contributed by atoms with Gasteiger partial charge in [-0.3, -0.25) is 4.98 Å². The van der Waals surface area contributed by atoms with E-state index in [9.17, 15) is 0 Å². The van der Waals surface area contributed by atoms with Gasteiger partial charge in [0.15, 0.2) is 5.82 Å². The fraction of sp³-hybridized carbons (Fsp3) is 0.308. The molecule has 0 fully saturated rings. The minimum Gasteiger partial charge on any atom is -0.382 e. The van der Waals surface area contributed by atoms with Crippen molar-refractivity contribution >= 4 is 22.4 Å². The molecule has 2 heterocycles. The zero-order valence-corrected chi connectivity index (χ0v) is 11.7. The number of nitrogens with zero attached hydrogens (tertiary/aromatic N) is 4. The molecule has 2 aromatic heterocycles. The van der Waals surface area contributed by atoms with Crippen LogP contribution in [-0.2, 0) is 6.54 Å². The van der Waals surface area contributed by atoms with E-state index in [-0.39, 0.29) is 0 Å². The van der Waals surface area contributed by atoms with E-state index in [2.05, 4.69) is 20.3 Å². The first-order chi connectivity index (χ1) is 9.15. The van der Waals surface area contributed by atoms with Crippen molar-refractivity contribution < 1.29 is 0 Å². The zero-order chi connectivity index (χ0) is 13.8. The van der Waals surface area contributed by atoms with E-state index in [0.29, 0.717) is 17.9 Å². The van der Waals surface area contributed by atoms with Crippen molar-refractivity contribution in [2.45, 2.75) is 20.4 Å². The molecule has 0 saturated heterocycles. The average Bonchev–Trinajstić information content (AvgIpc) is 2.77. The highest BCUT2D eigenvalue weighted by atomic mass is 32.1. The fourth-order valence-electron chi connectivity index (χ4n) is 1.82. The van der Waals surface area contributed by atoms with Crippen molar-refractivity contribution in [3.05, 3.63) is 35.2 Å². The van der Waals surface area contributed by atoms with Crippen LogP contribution in [0.3, 0.4) is 0 Å². The van der Waals surface area contributed by atoms with Gasteiger partial charge in [-0.05, 0) is 37.5 Å². The van der Waals surface area contributed by atoms with E-state index in [1.807, 2.05) is 32.0 Å². The molecule has 5 nitrogen and oxygen atoms in total. The van der Waals surface area contributed by atoms with E-state index >= 15 is 0 Å². The number of rotatable bonds is 4. The number of hydrogen-bond donors (Lipinski definition) is 1. The minimum absolute atomic E-state index is 0.304. The summed E-state index contributed by atoms with van der Waals surface area (Å²) in [5.74, 6) is 0.304. The highest BCUT2D eigenvalue weighted by molar-refractivity contribution is 7.10. The molecule has 0 spiro atoms. The first-order valence-corrected chi connectivity index (χ1v) is 6.75. The highest BCUT2D eigenvalue weighted by Gasteiger charge is 2.17. The van der Waals surface area contributed by atoms with Crippen molar-refractivity contribution in [3.8, 4) is 6.07 Å². The Hall–Kier alpha value is -2.13. The van der Waals surface area contributed by atoms with Gasteiger partial charge in [0, 0.05) is 12.2 Å². The van der Waals surface area contributed by atoms with Gasteiger partial charge in [-0.1, -0.05) is 6.07 Å². The third kappa shape index (κ3) is 2.83. The summed E-state index contributed by atoms with van der Waals surface area (Å²) in [6.45, 7) is 5.42. The summed E-state index contributed by atoms with van der Waals surface area (Å²) in [5.41, 5.74) is 8.11. The van der Waals surface area contributed by atoms with Crippen molar-refractivity contribution in [2.75, 3.05) is 17.2 Å². The third-order valence-corrected chi connectivity index (χ3v) is 3.70. The van der Waals surface area contributed by atoms with Crippen molar-refractivity contribution in [2.24, 2.45) is 0 Å². The molecule has 0 amide bonds. The number of nitrogens with two attached hydrogens (primary N) is 1. The van der Waals surface area contributed by atoms with Crippen LogP contribution in [0.5, 0.6) is 0 Å². The first kappa shape index (κ1) is 13.3. The van der Waals surface area contributed by atoms with Crippen molar-refractivity contribution in [3.63, 3.8) is 0 Å². The second kappa shape index (κ2) is 5.67. The second-order valence-electron chi connectivity index (χ2n) is 4.14. The van der Waals surface area contributed by atoms with Crippen LogP contribution in [0.2, 0.25) is 0 Å². The Morgan fingerprint density at radius 3 is 2.89 bits per heavy atom. The first-order valence-electron chi connectivity index (χ1n) is 5.98. The summed E-state index contributed by atoms with van der Waals surface area (Å²) < 4.78 is 4.05. The Balaban J connectivity index is 2.28. The predicted octanol–water partition coefficient (Wildman–Crippen LogP) is 2.33. The molecule has 2 N–H and O–H groups in total. The summed E-state index contributed by atoms with van der Waals surface area (Å²) in [5, 5.41) is 9.95. The SMILES string of the molecule is CCN(Cc1cccc(C)n1)c1snc(N)c1C#N. The molecule has 0 radical (unpaired) electrons. The smallest absolute Gasteiger partial charge is 0.157 e. The van der Waals surface area contributed by atoms with Gasteiger partial charge in [-0.15, -0.1) is 0 Å². The number of nitrogen functional groups attached to an aromatic ring is 1. The Morgan fingerprint density at radius 2 is 2.26 bits per heavy atom. The van der Waals surface area contributed by atoms with Crippen molar-refractivity contribution in [1.29, 1.82) is 5.26 Å². The molecule has 0 atom stereocenters. The highest BCUT2D eigenvalue weighted by Crippen LogP contribution is 2.30. The number of pyridine rings is 1. The number of aryl methyl sites for hydroxylation is 1. The Labute approximate surface area is 116 Å². The normalized spacial score (nSPS) is 10.2. The third-order valence-electron chi connectivity index (χ3n) is 2.78. The summed E-state index contributed by atoms with van der Waals surface area (Å²) in [6.07, 6.45) is 0. The van der Waals surface area contributed by atoms with Gasteiger partial charge in [-0.25, -0.2) is 0 Å². The lowest BCUT2D eigenvalue weighted by Gasteiger charge is -2.20. The Morgan fingerprint density at radius 1 is 1.47 bits per heavy atom. The lowest BCUT2D eigenvalue weighted by Crippen LogP contribution is -2.22. The van der Waals surface area contributed by atoms with Gasteiger partial charge in [-0.2, -0.15) is 9.64 Å². The van der Waals surface area contributed by atoms with E-state index in [1.54, 1.807) is 0 Å². The number of anilines is 2. The molecule has 6 heteroatoms. The molecule has 2 rings (SSSR count). The van der Waals surface area contributed by atoms with E-state index in [0.717, 1.165) is 22.9 Å². The van der Waals surface area contributed by atoms with Gasteiger partial charge in [0.2, 0.25) is 0 Å². The molecule has 0 aromatic carbocycles. The molecule has 0 saturated carbocycles. The van der Waals surface area contributed by atoms with Crippen LogP contribution in [-0.4, -0.2) is 15.9 Å². The van der Waals surface area contributed by atoms with Crippen LogP contribution in [0.4, 0.5) is 10.8 Å². The molecule has 0 aliphatic carbocycles. The minimum atomic E-state index is 0.304. The molecule has 2 aromatic rings. The fourth-order valence-corrected chi connectivity index (χ4v) is 2.65. The maximum atomic E-state index is 9.14. The number of aromatic nitrogens is 2. The summed E-state index contributed by atoms with van der Waals surface area (Å²) in [4.78, 5) is 6.54. The molecule has 0 unspecified atom stereocenters. The second-order valence-corrected chi connectivity index (χ2v) is 4.90. The topological polar surface area (TPSA) is 78.8 Å². The van der Waals surface area contributed by atoms with Gasteiger partial charge in [0.25, 0.3) is 0 Å². The Bertz CT molecular complexity index is 614. The monoisotopic (exact) mass is 273 g/mol. The van der Waals surface area contributed by atoms with Gasteiger partial charge < -0.3 is 10.6 Å². The van der Waals surface area contributed by atoms with Crippen LogP contribution in [0.1, 0.15) is 23.9 Å². The lowest BCUT2D eigenvalue weighted by atomic mass is 10.2. The largest absolute Gasteiger partial charge is 0.382 e. The van der Waals surface area contributed by atoms with Gasteiger partial charge >= 0.3 is 0 Å². The van der Waals surface area contributed by atoms with E-state index in [4.69, 9.17) is 11.0 Å². The van der Waals surface area contributed by atoms with Gasteiger partial charge in [0.05, 0.1) is 12.2 Å². The summed E-state index contributed by atoms with van der Waals surface area (Å²) in [7, 11) is 0. The predicted molar refractivity (Wildman–Crippen MR) is 76.9 cm³/mol. The lowest BCUT2D eigenvalue weighted by molar-refractivity contribution is 0.813. The molecular weight excluding hydrogens is 258 g/mol. The average molecular weight is 273 g/mol. The molecular formula is C13H15N5S. The number of hydrogen-bond acceptors (Lipinski definition) is 6. The van der Waals surface area contributed by atoms with Crippen LogP contribution in [0.15, 0.2) is 18.2 Å². The standard InChI is InChI=1S/C13H15N5S/c1-3-18(8-10-6-4-5-9(2)16-10)13-11(7-14)12(15)17-19-13/h4-6H,3,8H2,1-2H3,(H2,15,17). The van der Waals surface area contributed by atoms with E-state index in [1.165, 1.54) is 11.5 Å². The molecule has 0 aliphatic rings. The van der Waals surface area contributed by atoms with Gasteiger partial charge in [0.1, 0.15) is 16.6 Å². The van der Waals surface area contributed by atoms with Crippen LogP contribution < -0.4 is 10.6 Å². The van der Waals surface area contributed by atoms with Crippen molar-refractivity contribution in [1.82, 2.24) is 9.36 Å². The molecule has 19 heavy (non-hydrogen) atoms. The molecule has 0 aliphatic heterocycles. The van der Waals surface area contributed by atoms with E-state index < -0.39 is 0 Å². The van der Waals surface area contributed by atoms with Crippen LogP contribution >= 0.6 is 11.5 Å². The van der Waals surface area contributed by atoms with Crippen LogP contribution in [0.25, 0.3) is 0 Å². The molecule has 98 valence electrons. The van der Waals surface area contributed by atoms with Crippen LogP contribution in [0, 0.1) is 18.3 Å². The zero-order valence-electron chi connectivity index (χ0n) is 10.9. The summed E-state index contributed by atoms with van der Waals surface area (Å²) in [6, 6.07) is 8.04. The Kier molecular flexibility index (Phi) is 3.97. The number of nitriles is 1. The molecule has 0 bridgehead atoms. The quantitative estimate of drug-likeness (QED) is 0.924. The maximum Gasteiger partial charge on any atom is 0.157 e. The maximum absolute atomic E-state index is 9.14.